The van der Waals surface area contributed by atoms with Gasteiger partial charge in [0.05, 0.1) is 12.2 Å². The van der Waals surface area contributed by atoms with E-state index in [0.717, 1.165) is 5.57 Å². The van der Waals surface area contributed by atoms with Crippen molar-refractivity contribution in [3.05, 3.63) is 64.0 Å². The van der Waals surface area contributed by atoms with Crippen molar-refractivity contribution in [1.29, 1.82) is 0 Å². The Morgan fingerprint density at radius 2 is 2.21 bits per heavy atom. The monoisotopic (exact) mass is 383 g/mol. The van der Waals surface area contributed by atoms with Crippen LogP contribution < -0.4 is 10.9 Å². The van der Waals surface area contributed by atoms with E-state index in [1.54, 1.807) is 25.3 Å². The molecule has 0 saturated carbocycles. The molecule has 1 aromatic carbocycles. The molecule has 2 N–H and O–H groups in total. The molecule has 2 heterocycles. The van der Waals surface area contributed by atoms with Crippen LogP contribution >= 0.6 is 0 Å². The van der Waals surface area contributed by atoms with Gasteiger partial charge in [-0.15, -0.1) is 0 Å². The number of esters is 1. The van der Waals surface area contributed by atoms with Gasteiger partial charge in [0.2, 0.25) is 0 Å². The van der Waals surface area contributed by atoms with Gasteiger partial charge in [-0.05, 0) is 44.9 Å². The molecule has 1 aliphatic heterocycles. The summed E-state index contributed by atoms with van der Waals surface area (Å²) in [7, 11) is 0. The average Bonchev–Trinajstić information content (AvgIpc) is 2.68. The molecule has 0 bridgehead atoms. The molecule has 0 radical (unpaired) electrons. The third-order valence-corrected chi connectivity index (χ3v) is 4.57. The molecular formula is C20H21N3O5. The lowest BCUT2D eigenvalue weighted by Gasteiger charge is -2.26. The Morgan fingerprint density at radius 3 is 2.93 bits per heavy atom. The van der Waals surface area contributed by atoms with Crippen LogP contribution in [0.25, 0.3) is 5.57 Å². The van der Waals surface area contributed by atoms with Crippen molar-refractivity contribution in [3.8, 4) is 0 Å². The molecule has 1 unspecified atom stereocenters. The molecular weight excluding hydrogens is 362 g/mol. The van der Waals surface area contributed by atoms with E-state index in [9.17, 15) is 14.4 Å². The van der Waals surface area contributed by atoms with E-state index >= 15 is 0 Å². The molecule has 28 heavy (non-hydrogen) atoms. The van der Waals surface area contributed by atoms with Gasteiger partial charge in [-0.25, -0.2) is 14.6 Å². The van der Waals surface area contributed by atoms with E-state index in [0.29, 0.717) is 24.4 Å². The van der Waals surface area contributed by atoms with Gasteiger partial charge in [-0.3, -0.25) is 9.36 Å². The summed E-state index contributed by atoms with van der Waals surface area (Å²) in [5.74, 6) is -1.20. The Kier molecular flexibility index (Phi) is 5.58. The zero-order valence-electron chi connectivity index (χ0n) is 15.6. The first kappa shape index (κ1) is 19.3. The number of fused-ring (bicyclic) bond motifs is 1. The first-order valence-corrected chi connectivity index (χ1v) is 9.00. The molecule has 1 aromatic heterocycles. The smallest absolute Gasteiger partial charge is 0.345 e. The van der Waals surface area contributed by atoms with Crippen molar-refractivity contribution in [1.82, 2.24) is 9.55 Å². The Morgan fingerprint density at radius 1 is 1.43 bits per heavy atom. The van der Waals surface area contributed by atoms with Crippen LogP contribution in [0.1, 0.15) is 59.3 Å². The molecule has 0 saturated heterocycles. The van der Waals surface area contributed by atoms with Gasteiger partial charge in [0, 0.05) is 29.7 Å². The van der Waals surface area contributed by atoms with Crippen LogP contribution in [-0.4, -0.2) is 33.2 Å². The number of carboxylic acids is 1. The number of carbonyl (C=O) groups excluding carboxylic acids is 1. The normalized spacial score (nSPS) is 17.1. The summed E-state index contributed by atoms with van der Waals surface area (Å²) >= 11 is 0. The molecule has 0 fully saturated rings. The quantitative estimate of drug-likeness (QED) is 0.764. The molecule has 8 nitrogen and oxygen atoms in total. The zero-order chi connectivity index (χ0) is 20.3. The fourth-order valence-electron chi connectivity index (χ4n) is 3.12. The summed E-state index contributed by atoms with van der Waals surface area (Å²) in [5.41, 5.74) is 1.08. The van der Waals surface area contributed by atoms with E-state index < -0.39 is 17.5 Å². The number of nitrogens with zero attached hydrogens (tertiary/aromatic N) is 2. The number of hydrogen-bond acceptors (Lipinski definition) is 6. The van der Waals surface area contributed by atoms with E-state index in [2.05, 4.69) is 10.3 Å². The van der Waals surface area contributed by atoms with Gasteiger partial charge < -0.3 is 15.2 Å². The molecule has 1 atom stereocenters. The summed E-state index contributed by atoms with van der Waals surface area (Å²) in [5, 5.41) is 12.2. The number of aromatic carboxylic acids is 1. The van der Waals surface area contributed by atoms with Crippen molar-refractivity contribution in [3.63, 3.8) is 0 Å². The minimum absolute atomic E-state index is 0.0826. The van der Waals surface area contributed by atoms with E-state index in [4.69, 9.17) is 9.84 Å². The second-order valence-electron chi connectivity index (χ2n) is 6.48. The van der Waals surface area contributed by atoms with Crippen molar-refractivity contribution in [2.75, 3.05) is 11.9 Å². The lowest BCUT2D eigenvalue weighted by atomic mass is 10.0. The number of carbonyl (C=O) groups is 2. The van der Waals surface area contributed by atoms with Gasteiger partial charge in [0.25, 0.3) is 5.56 Å². The first-order valence-electron chi connectivity index (χ1n) is 9.00. The maximum Gasteiger partial charge on any atom is 0.345 e. The molecule has 1 aliphatic rings. The number of nitrogens with one attached hydrogen (secondary N) is 1. The van der Waals surface area contributed by atoms with Crippen molar-refractivity contribution in [2.24, 2.45) is 0 Å². The van der Waals surface area contributed by atoms with Crippen molar-refractivity contribution in [2.45, 2.75) is 32.7 Å². The minimum Gasteiger partial charge on any atom is -0.478 e. The van der Waals surface area contributed by atoms with Crippen LogP contribution in [0.2, 0.25) is 0 Å². The molecule has 3 rings (SSSR count). The molecule has 0 spiro atoms. The molecule has 0 aliphatic carbocycles. The Bertz CT molecular complexity index is 1010. The van der Waals surface area contributed by atoms with Gasteiger partial charge in [0.15, 0.2) is 0 Å². The van der Waals surface area contributed by atoms with Gasteiger partial charge in [0.1, 0.15) is 11.4 Å². The van der Waals surface area contributed by atoms with Crippen molar-refractivity contribution < 1.29 is 19.4 Å². The molecule has 2 aromatic rings. The predicted octanol–water partition coefficient (Wildman–Crippen LogP) is 2.93. The summed E-state index contributed by atoms with van der Waals surface area (Å²) in [4.78, 5) is 40.2. The van der Waals surface area contributed by atoms with Crippen LogP contribution in [0.5, 0.6) is 0 Å². The topological polar surface area (TPSA) is 111 Å². The van der Waals surface area contributed by atoms with Crippen LogP contribution in [0, 0.1) is 0 Å². The van der Waals surface area contributed by atoms with Crippen LogP contribution in [0.3, 0.4) is 0 Å². The maximum atomic E-state index is 12.8. The standard InChI is InChI=1S/C20H21N3O5/c1-3-28-20(27)16-11-22-17-14(8-7-12(2)23(17)18(16)24)10-21-15-6-4-5-13(9-15)19(25)26/h4-6,9-12,21H,3,7-8H2,1-2H3,(H,25,26). The minimum atomic E-state index is -1.01. The Balaban J connectivity index is 1.95. The van der Waals surface area contributed by atoms with Crippen LogP contribution in [-0.2, 0) is 4.74 Å². The summed E-state index contributed by atoms with van der Waals surface area (Å²) < 4.78 is 6.44. The van der Waals surface area contributed by atoms with E-state index in [1.807, 2.05) is 6.92 Å². The van der Waals surface area contributed by atoms with E-state index in [1.165, 1.54) is 22.9 Å². The van der Waals surface area contributed by atoms with Gasteiger partial charge >= 0.3 is 11.9 Å². The molecule has 8 heteroatoms. The summed E-state index contributed by atoms with van der Waals surface area (Å²) in [6.07, 6.45) is 4.37. The lowest BCUT2D eigenvalue weighted by Crippen LogP contribution is -2.34. The maximum absolute atomic E-state index is 12.8. The highest BCUT2D eigenvalue weighted by atomic mass is 16.5. The second kappa shape index (κ2) is 8.08. The number of carboxylic acid groups (broad SMARTS) is 1. The summed E-state index contributed by atoms with van der Waals surface area (Å²) in [6.45, 7) is 3.76. The fourth-order valence-corrected chi connectivity index (χ4v) is 3.12. The summed E-state index contributed by atoms with van der Waals surface area (Å²) in [6, 6.07) is 6.33. The number of rotatable bonds is 5. The second-order valence-corrected chi connectivity index (χ2v) is 6.48. The van der Waals surface area contributed by atoms with Crippen LogP contribution in [0.4, 0.5) is 5.69 Å². The number of benzene rings is 1. The number of aromatic nitrogens is 2. The average molecular weight is 383 g/mol. The number of allylic oxidation sites excluding steroid dienone is 1. The number of ether oxygens (including phenoxy) is 1. The fraction of sp³-hybridized carbons (Fsp3) is 0.300. The number of hydrogen-bond donors (Lipinski definition) is 2. The highest BCUT2D eigenvalue weighted by molar-refractivity contribution is 5.89. The Labute approximate surface area is 161 Å². The predicted molar refractivity (Wildman–Crippen MR) is 103 cm³/mol. The third-order valence-electron chi connectivity index (χ3n) is 4.57. The SMILES string of the molecule is CCOC(=O)c1cnc2n(c1=O)C(C)CCC2=CNc1cccc(C(=O)O)c1. The number of anilines is 1. The van der Waals surface area contributed by atoms with E-state index in [-0.39, 0.29) is 23.8 Å². The third kappa shape index (κ3) is 3.80. The molecule has 0 amide bonds. The van der Waals surface area contributed by atoms with Crippen LogP contribution in [0.15, 0.2) is 41.5 Å². The highest BCUT2D eigenvalue weighted by Crippen LogP contribution is 2.30. The lowest BCUT2D eigenvalue weighted by molar-refractivity contribution is 0.0522. The first-order chi connectivity index (χ1) is 13.4. The Hall–Kier alpha value is -3.42. The zero-order valence-corrected chi connectivity index (χ0v) is 15.6. The van der Waals surface area contributed by atoms with Crippen molar-refractivity contribution >= 4 is 23.2 Å². The highest BCUT2D eigenvalue weighted by Gasteiger charge is 2.25. The molecule has 146 valence electrons. The van der Waals surface area contributed by atoms with Gasteiger partial charge in [-0.1, -0.05) is 6.07 Å². The largest absolute Gasteiger partial charge is 0.478 e. The van der Waals surface area contributed by atoms with Gasteiger partial charge in [-0.2, -0.15) is 0 Å².